The number of aromatic nitrogens is 2. The number of nitrogens with one attached hydrogen (secondary N) is 1. The fraction of sp³-hybridized carbons (Fsp3) is 0.0714. The van der Waals surface area contributed by atoms with Crippen LogP contribution >= 0.6 is 0 Å². The number of pyridine rings is 1. The maximum absolute atomic E-state index is 13.5. The lowest BCUT2D eigenvalue weighted by Crippen LogP contribution is -2.37. The molecule has 0 radical (unpaired) electrons. The van der Waals surface area contributed by atoms with Gasteiger partial charge in [0.2, 0.25) is 0 Å². The van der Waals surface area contributed by atoms with Gasteiger partial charge in [-0.15, -0.1) is 5.06 Å². The molecule has 3 aromatic carbocycles. The Bertz CT molecular complexity index is 1560. The van der Waals surface area contributed by atoms with Crippen molar-refractivity contribution in [3.8, 4) is 16.9 Å². The Kier molecular flexibility index (Phi) is 4.88. The van der Waals surface area contributed by atoms with Crippen molar-refractivity contribution in [2.24, 2.45) is 0 Å². The van der Waals surface area contributed by atoms with Crippen LogP contribution in [0.1, 0.15) is 22.7 Å². The maximum Gasteiger partial charge on any atom is 0.355 e. The molecule has 0 bridgehead atoms. The van der Waals surface area contributed by atoms with Gasteiger partial charge >= 0.3 is 6.03 Å². The number of hydrogen-bond acceptors (Lipinski definition) is 4. The minimum absolute atomic E-state index is 0.339. The summed E-state index contributed by atoms with van der Waals surface area (Å²) in [6, 6.07) is 28.8. The van der Waals surface area contributed by atoms with Gasteiger partial charge in [0.15, 0.2) is 5.75 Å². The molecule has 1 atom stereocenters. The molecule has 0 saturated heterocycles. The molecule has 172 valence electrons. The molecule has 0 aliphatic carbocycles. The molecular formula is C28H23N5O2. The van der Waals surface area contributed by atoms with Crippen molar-refractivity contribution in [3.63, 3.8) is 0 Å². The summed E-state index contributed by atoms with van der Waals surface area (Å²) in [6.45, 7) is 1.97. The fourth-order valence-electron chi connectivity index (χ4n) is 4.48. The SMILES string of the molecule is Cc1ccc(-c2ccn3nc(N)cc3c2)cc1NC(=O)N1Oc2ccccc2[C@@H]1c1ccccc1. The van der Waals surface area contributed by atoms with Gasteiger partial charge in [-0.05, 0) is 53.4 Å². The van der Waals surface area contributed by atoms with Gasteiger partial charge in [0, 0.05) is 23.5 Å². The first-order valence-corrected chi connectivity index (χ1v) is 11.3. The van der Waals surface area contributed by atoms with Gasteiger partial charge in [0.25, 0.3) is 0 Å². The second-order valence-electron chi connectivity index (χ2n) is 8.58. The lowest BCUT2D eigenvalue weighted by Gasteiger charge is -2.24. The van der Waals surface area contributed by atoms with E-state index in [9.17, 15) is 4.79 Å². The van der Waals surface area contributed by atoms with E-state index in [2.05, 4.69) is 10.4 Å². The quantitative estimate of drug-likeness (QED) is 0.354. The molecule has 3 heterocycles. The summed E-state index contributed by atoms with van der Waals surface area (Å²) >= 11 is 0. The van der Waals surface area contributed by atoms with Crippen molar-refractivity contribution in [1.82, 2.24) is 14.7 Å². The highest BCUT2D eigenvalue weighted by Gasteiger charge is 2.37. The molecule has 0 spiro atoms. The molecule has 0 fully saturated rings. The number of anilines is 2. The van der Waals surface area contributed by atoms with Gasteiger partial charge in [0.05, 0.1) is 5.52 Å². The lowest BCUT2D eigenvalue weighted by atomic mass is 9.99. The summed E-state index contributed by atoms with van der Waals surface area (Å²) in [7, 11) is 0. The minimum atomic E-state index is -0.342. The summed E-state index contributed by atoms with van der Waals surface area (Å²) in [6.07, 6.45) is 1.87. The number of nitrogen functional groups attached to an aromatic ring is 1. The summed E-state index contributed by atoms with van der Waals surface area (Å²) in [5.41, 5.74) is 12.3. The van der Waals surface area contributed by atoms with Crippen LogP contribution in [0.4, 0.5) is 16.3 Å². The van der Waals surface area contributed by atoms with Gasteiger partial charge < -0.3 is 15.9 Å². The predicted octanol–water partition coefficient (Wildman–Crippen LogP) is 5.82. The first kappa shape index (κ1) is 20.8. The number of nitrogens with two attached hydrogens (primary N) is 1. The molecule has 35 heavy (non-hydrogen) atoms. The van der Waals surface area contributed by atoms with E-state index in [1.165, 1.54) is 5.06 Å². The third kappa shape index (κ3) is 3.73. The summed E-state index contributed by atoms with van der Waals surface area (Å²) < 4.78 is 1.74. The molecule has 6 rings (SSSR count). The summed E-state index contributed by atoms with van der Waals surface area (Å²) in [5, 5.41) is 8.70. The molecule has 2 amide bonds. The van der Waals surface area contributed by atoms with Crippen LogP contribution in [0.2, 0.25) is 0 Å². The highest BCUT2D eigenvalue weighted by atomic mass is 16.7. The Morgan fingerprint density at radius 1 is 0.943 bits per heavy atom. The van der Waals surface area contributed by atoms with Crippen LogP contribution in [0.3, 0.4) is 0 Å². The zero-order valence-corrected chi connectivity index (χ0v) is 19.1. The number of hydrogen-bond donors (Lipinski definition) is 2. The molecule has 3 N–H and O–H groups in total. The Balaban J connectivity index is 1.32. The normalized spacial score (nSPS) is 14.5. The highest BCUT2D eigenvalue weighted by Crippen LogP contribution is 2.41. The van der Waals surface area contributed by atoms with Gasteiger partial charge in [-0.1, -0.05) is 60.7 Å². The number of benzene rings is 3. The number of aryl methyl sites for hydroxylation is 1. The Labute approximate surface area is 202 Å². The topological polar surface area (TPSA) is 84.9 Å². The van der Waals surface area contributed by atoms with Crippen molar-refractivity contribution in [2.75, 3.05) is 11.1 Å². The van der Waals surface area contributed by atoms with Crippen LogP contribution in [0, 0.1) is 6.92 Å². The standard InChI is InChI=1S/C28H23N5O2/c1-18-11-12-20(21-13-14-32-22(15-21)17-26(29)31-32)16-24(18)30-28(34)33-27(19-7-3-2-4-8-19)23-9-5-6-10-25(23)35-33/h2-17,27H,1H3,(H2,29,31)(H,30,34)/t27-/m0/s1. The lowest BCUT2D eigenvalue weighted by molar-refractivity contribution is -0.00575. The number of para-hydroxylation sites is 1. The fourth-order valence-corrected chi connectivity index (χ4v) is 4.48. The van der Waals surface area contributed by atoms with E-state index >= 15 is 0 Å². The first-order valence-electron chi connectivity index (χ1n) is 11.3. The number of carbonyl (C=O) groups is 1. The molecule has 0 saturated carbocycles. The predicted molar refractivity (Wildman–Crippen MR) is 136 cm³/mol. The monoisotopic (exact) mass is 461 g/mol. The Morgan fingerprint density at radius 2 is 1.71 bits per heavy atom. The molecule has 7 nitrogen and oxygen atoms in total. The molecule has 7 heteroatoms. The van der Waals surface area contributed by atoms with Crippen molar-refractivity contribution in [2.45, 2.75) is 13.0 Å². The average molecular weight is 462 g/mol. The van der Waals surface area contributed by atoms with Crippen LogP contribution in [-0.2, 0) is 0 Å². The number of carbonyl (C=O) groups excluding carboxylic acids is 1. The maximum atomic E-state index is 13.5. The largest absolute Gasteiger partial charge is 0.382 e. The van der Waals surface area contributed by atoms with Crippen LogP contribution in [0.25, 0.3) is 16.6 Å². The molecule has 0 unspecified atom stereocenters. The number of amides is 2. The first-order chi connectivity index (χ1) is 17.1. The van der Waals surface area contributed by atoms with E-state index in [1.54, 1.807) is 4.52 Å². The summed E-state index contributed by atoms with van der Waals surface area (Å²) in [4.78, 5) is 19.5. The summed E-state index contributed by atoms with van der Waals surface area (Å²) in [5.74, 6) is 1.15. The van der Waals surface area contributed by atoms with Gasteiger partial charge in [-0.2, -0.15) is 5.10 Å². The van der Waals surface area contributed by atoms with Crippen LogP contribution in [0.15, 0.2) is 97.2 Å². The van der Waals surface area contributed by atoms with E-state index < -0.39 is 0 Å². The number of urea groups is 1. The third-order valence-electron chi connectivity index (χ3n) is 6.25. The van der Waals surface area contributed by atoms with Gasteiger partial charge in [0.1, 0.15) is 11.9 Å². The molecule has 1 aliphatic heterocycles. The molecular weight excluding hydrogens is 438 g/mol. The number of fused-ring (bicyclic) bond motifs is 2. The van der Waals surface area contributed by atoms with Crippen molar-refractivity contribution in [3.05, 3.63) is 114 Å². The van der Waals surface area contributed by atoms with E-state index in [0.717, 1.165) is 33.3 Å². The Hall–Kier alpha value is -4.78. The smallest absolute Gasteiger partial charge is 0.355 e. The third-order valence-corrected chi connectivity index (χ3v) is 6.25. The van der Waals surface area contributed by atoms with Crippen LogP contribution < -0.4 is 15.9 Å². The highest BCUT2D eigenvalue weighted by molar-refractivity contribution is 5.91. The second kappa shape index (κ2) is 8.22. The van der Waals surface area contributed by atoms with Gasteiger partial charge in [-0.3, -0.25) is 0 Å². The zero-order valence-electron chi connectivity index (χ0n) is 19.1. The van der Waals surface area contributed by atoms with Crippen LogP contribution in [0.5, 0.6) is 5.75 Å². The van der Waals surface area contributed by atoms with Crippen molar-refractivity contribution in [1.29, 1.82) is 0 Å². The van der Waals surface area contributed by atoms with E-state index in [0.29, 0.717) is 17.3 Å². The molecule has 5 aromatic rings. The van der Waals surface area contributed by atoms with Crippen LogP contribution in [-0.4, -0.2) is 20.7 Å². The average Bonchev–Trinajstić information content (AvgIpc) is 3.45. The minimum Gasteiger partial charge on any atom is -0.382 e. The Morgan fingerprint density at radius 3 is 2.57 bits per heavy atom. The van der Waals surface area contributed by atoms with Gasteiger partial charge in [-0.25, -0.2) is 9.31 Å². The van der Waals surface area contributed by atoms with E-state index in [1.807, 2.05) is 104 Å². The molecule has 2 aromatic heterocycles. The van der Waals surface area contributed by atoms with Crippen molar-refractivity contribution >= 4 is 23.1 Å². The number of hydroxylamine groups is 2. The van der Waals surface area contributed by atoms with E-state index in [-0.39, 0.29) is 12.1 Å². The molecule has 1 aliphatic rings. The van der Waals surface area contributed by atoms with E-state index in [4.69, 9.17) is 10.6 Å². The number of nitrogens with zero attached hydrogens (tertiary/aromatic N) is 3. The zero-order chi connectivity index (χ0) is 23.9. The second-order valence-corrected chi connectivity index (χ2v) is 8.58. The van der Waals surface area contributed by atoms with Crippen molar-refractivity contribution < 1.29 is 9.63 Å². The number of rotatable bonds is 3.